The van der Waals surface area contributed by atoms with Crippen molar-refractivity contribution in [3.05, 3.63) is 0 Å². The molecule has 0 atom stereocenters. The van der Waals surface area contributed by atoms with E-state index in [0.29, 0.717) is 4.99 Å². The topological polar surface area (TPSA) is 55.1 Å². The van der Waals surface area contributed by atoms with Crippen molar-refractivity contribution in [3.8, 4) is 0 Å². The minimum absolute atomic E-state index is 0.0778. The van der Waals surface area contributed by atoms with Gasteiger partial charge in [0.2, 0.25) is 5.91 Å². The molecule has 102 valence electrons. The smallest absolute Gasteiger partial charge is 0.233 e. The number of rotatable bonds is 5. The average molecular weight is 268 g/mol. The quantitative estimate of drug-likeness (QED) is 0.753. The molecule has 0 radical (unpaired) electrons. The predicted molar refractivity (Wildman–Crippen MR) is 77.3 cm³/mol. The molecule has 0 aromatic carbocycles. The summed E-state index contributed by atoms with van der Waals surface area (Å²) < 4.78 is 0. The Bertz CT molecular complexity index is 320. The fourth-order valence-electron chi connectivity index (χ4n) is 3.08. The molecule has 3 N–H and O–H groups in total. The predicted octanol–water partition coefficient (Wildman–Crippen LogP) is 2.53. The lowest BCUT2D eigenvalue weighted by molar-refractivity contribution is -0.128. The second-order valence-electron chi connectivity index (χ2n) is 5.85. The number of hydrogen-bond donors (Lipinski definition) is 2. The number of carbonyl (C=O) groups is 1. The van der Waals surface area contributed by atoms with Crippen molar-refractivity contribution < 1.29 is 4.79 Å². The van der Waals surface area contributed by atoms with Crippen molar-refractivity contribution in [2.45, 2.75) is 57.8 Å². The largest absolute Gasteiger partial charge is 0.392 e. The highest BCUT2D eigenvalue weighted by Crippen LogP contribution is 2.37. The van der Waals surface area contributed by atoms with Crippen molar-refractivity contribution >= 4 is 23.1 Å². The average Bonchev–Trinajstić information content (AvgIpc) is 2.32. The summed E-state index contributed by atoms with van der Waals surface area (Å²) >= 11 is 5.16. The standard InChI is InChI=1S/C14H24N2OS/c15-12(18)14(8-2-1-3-9-14)13(17)16-10-7-11-5-4-6-11/h11H,1-10H2,(H2,15,18)(H,16,17). The normalized spacial score (nSPS) is 23.1. The van der Waals surface area contributed by atoms with E-state index in [-0.39, 0.29) is 5.91 Å². The van der Waals surface area contributed by atoms with Crippen LogP contribution in [0.25, 0.3) is 0 Å². The molecule has 0 heterocycles. The maximum Gasteiger partial charge on any atom is 0.233 e. The molecule has 0 unspecified atom stereocenters. The van der Waals surface area contributed by atoms with Crippen LogP contribution in [0.15, 0.2) is 0 Å². The van der Waals surface area contributed by atoms with Gasteiger partial charge in [-0.05, 0) is 25.2 Å². The lowest BCUT2D eigenvalue weighted by atomic mass is 9.73. The summed E-state index contributed by atoms with van der Waals surface area (Å²) in [5.41, 5.74) is 5.29. The van der Waals surface area contributed by atoms with E-state index < -0.39 is 5.41 Å². The van der Waals surface area contributed by atoms with Gasteiger partial charge >= 0.3 is 0 Å². The van der Waals surface area contributed by atoms with Crippen molar-refractivity contribution in [2.75, 3.05) is 6.54 Å². The number of amides is 1. The third-order valence-electron chi connectivity index (χ3n) is 4.68. The molecule has 3 nitrogen and oxygen atoms in total. The van der Waals surface area contributed by atoms with Gasteiger partial charge < -0.3 is 11.1 Å². The monoisotopic (exact) mass is 268 g/mol. The van der Waals surface area contributed by atoms with Crippen molar-refractivity contribution in [2.24, 2.45) is 17.1 Å². The molecule has 1 amide bonds. The summed E-state index contributed by atoms with van der Waals surface area (Å²) in [5, 5.41) is 3.07. The highest BCUT2D eigenvalue weighted by atomic mass is 32.1. The van der Waals surface area contributed by atoms with Gasteiger partial charge in [0.25, 0.3) is 0 Å². The van der Waals surface area contributed by atoms with Crippen LogP contribution in [0.2, 0.25) is 0 Å². The van der Waals surface area contributed by atoms with Gasteiger partial charge in [-0.2, -0.15) is 0 Å². The molecule has 0 spiro atoms. The van der Waals surface area contributed by atoms with Crippen LogP contribution >= 0.6 is 12.2 Å². The lowest BCUT2D eigenvalue weighted by Gasteiger charge is -2.35. The van der Waals surface area contributed by atoms with Crippen LogP contribution in [0.5, 0.6) is 0 Å². The molecule has 0 saturated heterocycles. The Labute approximate surface area is 115 Å². The third kappa shape index (κ3) is 2.85. The van der Waals surface area contributed by atoms with Crippen molar-refractivity contribution in [1.82, 2.24) is 5.32 Å². The third-order valence-corrected chi connectivity index (χ3v) is 5.07. The molecule has 18 heavy (non-hydrogen) atoms. The van der Waals surface area contributed by atoms with E-state index >= 15 is 0 Å². The second-order valence-corrected chi connectivity index (χ2v) is 6.29. The van der Waals surface area contributed by atoms with Crippen LogP contribution in [0, 0.1) is 11.3 Å². The number of hydrogen-bond acceptors (Lipinski definition) is 2. The molecular weight excluding hydrogens is 244 g/mol. The highest BCUT2D eigenvalue weighted by Gasteiger charge is 2.42. The van der Waals surface area contributed by atoms with E-state index in [1.54, 1.807) is 0 Å². The minimum atomic E-state index is -0.548. The second kappa shape index (κ2) is 6.00. The van der Waals surface area contributed by atoms with E-state index in [9.17, 15) is 4.79 Å². The molecule has 4 heteroatoms. The molecule has 2 fully saturated rings. The molecule has 0 aromatic heterocycles. The van der Waals surface area contributed by atoms with E-state index in [4.69, 9.17) is 18.0 Å². The Morgan fingerprint density at radius 2 is 1.89 bits per heavy atom. The maximum atomic E-state index is 12.4. The number of thiocarbonyl (C=S) groups is 1. The van der Waals surface area contributed by atoms with Crippen LogP contribution in [0.4, 0.5) is 0 Å². The maximum absolute atomic E-state index is 12.4. The van der Waals surface area contributed by atoms with Gasteiger partial charge in [0.05, 0.1) is 10.4 Å². The first-order chi connectivity index (χ1) is 8.65. The minimum Gasteiger partial charge on any atom is -0.392 e. The van der Waals surface area contributed by atoms with Crippen LogP contribution < -0.4 is 11.1 Å². The fourth-order valence-corrected chi connectivity index (χ4v) is 3.38. The summed E-state index contributed by atoms with van der Waals surface area (Å²) in [4.78, 5) is 12.8. The molecule has 0 bridgehead atoms. The van der Waals surface area contributed by atoms with Gasteiger partial charge in [-0.3, -0.25) is 4.79 Å². The lowest BCUT2D eigenvalue weighted by Crippen LogP contribution is -2.50. The summed E-state index contributed by atoms with van der Waals surface area (Å²) in [5.74, 6) is 0.909. The summed E-state index contributed by atoms with van der Waals surface area (Å²) in [6, 6.07) is 0. The number of nitrogens with one attached hydrogen (secondary N) is 1. The van der Waals surface area contributed by atoms with Crippen LogP contribution in [-0.2, 0) is 4.79 Å². The Hall–Kier alpha value is -0.640. The fraction of sp³-hybridized carbons (Fsp3) is 0.857. The number of nitrogens with two attached hydrogens (primary N) is 1. The summed E-state index contributed by atoms with van der Waals surface area (Å²) in [6.45, 7) is 0.786. The molecule has 0 aromatic rings. The van der Waals surface area contributed by atoms with E-state index in [1.807, 2.05) is 0 Å². The first kappa shape index (κ1) is 13.8. The van der Waals surface area contributed by atoms with Crippen molar-refractivity contribution in [1.29, 1.82) is 0 Å². The molecule has 2 aliphatic rings. The molecule has 2 saturated carbocycles. The summed E-state index contributed by atoms with van der Waals surface area (Å²) in [6.07, 6.45) is 10.1. The molecule has 2 aliphatic carbocycles. The number of carbonyl (C=O) groups excluding carboxylic acids is 1. The van der Waals surface area contributed by atoms with Gasteiger partial charge in [-0.1, -0.05) is 50.7 Å². The first-order valence-corrected chi connectivity index (χ1v) is 7.64. The highest BCUT2D eigenvalue weighted by molar-refractivity contribution is 7.80. The zero-order chi connectivity index (χ0) is 13.0. The Morgan fingerprint density at radius 1 is 1.22 bits per heavy atom. The molecule has 0 aliphatic heterocycles. The van der Waals surface area contributed by atoms with Gasteiger partial charge in [0.1, 0.15) is 0 Å². The zero-order valence-electron chi connectivity index (χ0n) is 11.0. The SMILES string of the molecule is NC(=S)C1(C(=O)NCCC2CCC2)CCCCC1. The van der Waals surface area contributed by atoms with Gasteiger partial charge in [0, 0.05) is 6.54 Å². The van der Waals surface area contributed by atoms with Crippen LogP contribution in [-0.4, -0.2) is 17.4 Å². The van der Waals surface area contributed by atoms with Crippen LogP contribution in [0.3, 0.4) is 0 Å². The first-order valence-electron chi connectivity index (χ1n) is 7.23. The van der Waals surface area contributed by atoms with Crippen molar-refractivity contribution in [3.63, 3.8) is 0 Å². The Kier molecular flexibility index (Phi) is 4.60. The van der Waals surface area contributed by atoms with Gasteiger partial charge in [-0.15, -0.1) is 0 Å². The Balaban J connectivity index is 1.84. The molecular formula is C14H24N2OS. The Morgan fingerprint density at radius 3 is 2.39 bits per heavy atom. The zero-order valence-corrected chi connectivity index (χ0v) is 11.9. The van der Waals surface area contributed by atoms with Gasteiger partial charge in [-0.25, -0.2) is 0 Å². The van der Waals surface area contributed by atoms with E-state index in [0.717, 1.165) is 44.6 Å². The van der Waals surface area contributed by atoms with Gasteiger partial charge in [0.15, 0.2) is 0 Å². The van der Waals surface area contributed by atoms with E-state index in [2.05, 4.69) is 5.32 Å². The molecule has 2 rings (SSSR count). The van der Waals surface area contributed by atoms with Crippen LogP contribution in [0.1, 0.15) is 57.8 Å². The summed E-state index contributed by atoms with van der Waals surface area (Å²) in [7, 11) is 0. The van der Waals surface area contributed by atoms with E-state index in [1.165, 1.54) is 25.7 Å².